The zero-order valence-corrected chi connectivity index (χ0v) is 16.9. The van der Waals surface area contributed by atoms with E-state index >= 15 is 0 Å². The van der Waals surface area contributed by atoms with E-state index in [-0.39, 0.29) is 5.69 Å². The normalized spacial score (nSPS) is 11.5. The molecule has 27 heavy (non-hydrogen) atoms. The molecule has 3 aromatic rings. The Balaban J connectivity index is 1.74. The van der Waals surface area contributed by atoms with E-state index in [0.717, 1.165) is 11.1 Å². The molecule has 0 aliphatic rings. The maximum Gasteiger partial charge on any atom is 0.289 e. The Hall–Kier alpha value is -2.05. The van der Waals surface area contributed by atoms with Crippen LogP contribution in [0, 0.1) is 0 Å². The Bertz CT molecular complexity index is 1050. The van der Waals surface area contributed by atoms with Crippen molar-refractivity contribution in [3.63, 3.8) is 0 Å². The zero-order valence-electron chi connectivity index (χ0n) is 13.9. The molecule has 0 spiro atoms. The van der Waals surface area contributed by atoms with E-state index in [1.54, 1.807) is 49.4 Å². The van der Waals surface area contributed by atoms with Crippen LogP contribution >= 0.6 is 46.4 Å². The van der Waals surface area contributed by atoms with Gasteiger partial charge in [0, 0.05) is 5.56 Å². The van der Waals surface area contributed by atoms with E-state index in [9.17, 15) is 4.79 Å². The number of nitrogens with zero attached hydrogens (tertiary/aromatic N) is 2. The molecule has 0 bridgehead atoms. The smallest absolute Gasteiger partial charge is 0.272 e. The lowest BCUT2D eigenvalue weighted by Crippen LogP contribution is -2.19. The van der Waals surface area contributed by atoms with Gasteiger partial charge in [-0.1, -0.05) is 58.5 Å². The maximum atomic E-state index is 12.3. The van der Waals surface area contributed by atoms with Crippen LogP contribution in [0.15, 0.2) is 47.6 Å². The summed E-state index contributed by atoms with van der Waals surface area (Å²) in [7, 11) is 0. The highest BCUT2D eigenvalue weighted by molar-refractivity contribution is 6.42. The lowest BCUT2D eigenvalue weighted by molar-refractivity contribution is 0.0950. The first-order valence-corrected chi connectivity index (χ1v) is 9.17. The van der Waals surface area contributed by atoms with Gasteiger partial charge < -0.3 is 0 Å². The first-order valence-electron chi connectivity index (χ1n) is 7.66. The van der Waals surface area contributed by atoms with Crippen molar-refractivity contribution in [2.75, 3.05) is 0 Å². The summed E-state index contributed by atoms with van der Waals surface area (Å²) in [6, 6.07) is 11.8. The molecular formula is C18H12Cl4N4O. The minimum Gasteiger partial charge on any atom is -0.272 e. The Labute approximate surface area is 175 Å². The summed E-state index contributed by atoms with van der Waals surface area (Å²) in [6.45, 7) is 1.74. The van der Waals surface area contributed by atoms with Gasteiger partial charge in [-0.2, -0.15) is 10.2 Å². The summed E-state index contributed by atoms with van der Waals surface area (Å²) in [6.07, 6.45) is 0. The van der Waals surface area contributed by atoms with Gasteiger partial charge in [-0.3, -0.25) is 9.89 Å². The van der Waals surface area contributed by atoms with Gasteiger partial charge in [0.25, 0.3) is 5.91 Å². The number of amides is 1. The molecule has 0 unspecified atom stereocenters. The number of carbonyl (C=O) groups is 1. The van der Waals surface area contributed by atoms with Crippen LogP contribution in [-0.4, -0.2) is 21.8 Å². The molecule has 1 amide bonds. The number of aromatic nitrogens is 2. The van der Waals surface area contributed by atoms with E-state index in [1.807, 2.05) is 0 Å². The highest BCUT2D eigenvalue weighted by Crippen LogP contribution is 2.27. The van der Waals surface area contributed by atoms with Gasteiger partial charge in [0.1, 0.15) is 5.69 Å². The van der Waals surface area contributed by atoms with Crippen LogP contribution in [0.5, 0.6) is 0 Å². The van der Waals surface area contributed by atoms with Crippen LogP contribution in [0.2, 0.25) is 20.1 Å². The predicted molar refractivity (Wildman–Crippen MR) is 110 cm³/mol. The molecule has 5 nitrogen and oxygen atoms in total. The van der Waals surface area contributed by atoms with Crippen LogP contribution < -0.4 is 5.43 Å². The molecule has 0 aliphatic heterocycles. The fourth-order valence-electron chi connectivity index (χ4n) is 2.22. The fraction of sp³-hybridized carbons (Fsp3) is 0.0556. The first kappa shape index (κ1) is 19.7. The molecule has 1 heterocycles. The number of H-pyrrole nitrogens is 1. The van der Waals surface area contributed by atoms with Crippen LogP contribution in [0.25, 0.3) is 11.3 Å². The second-order valence-corrected chi connectivity index (χ2v) is 7.19. The van der Waals surface area contributed by atoms with Gasteiger partial charge in [0.05, 0.1) is 31.5 Å². The number of benzene rings is 2. The molecule has 0 saturated heterocycles. The van der Waals surface area contributed by atoms with Crippen molar-refractivity contribution in [1.29, 1.82) is 0 Å². The molecule has 9 heteroatoms. The largest absolute Gasteiger partial charge is 0.289 e. The van der Waals surface area contributed by atoms with Crippen LogP contribution in [0.3, 0.4) is 0 Å². The number of hydrogen-bond acceptors (Lipinski definition) is 3. The van der Waals surface area contributed by atoms with Gasteiger partial charge in [-0.05, 0) is 42.8 Å². The van der Waals surface area contributed by atoms with Crippen LogP contribution in [0.4, 0.5) is 0 Å². The van der Waals surface area contributed by atoms with Crippen molar-refractivity contribution in [3.05, 3.63) is 73.8 Å². The summed E-state index contributed by atoms with van der Waals surface area (Å²) in [5, 5.41) is 12.6. The molecule has 2 N–H and O–H groups in total. The minimum atomic E-state index is -0.437. The van der Waals surface area contributed by atoms with Gasteiger partial charge >= 0.3 is 0 Å². The molecule has 0 aliphatic carbocycles. The number of aromatic amines is 1. The minimum absolute atomic E-state index is 0.252. The molecule has 0 atom stereocenters. The van der Waals surface area contributed by atoms with E-state index < -0.39 is 5.91 Å². The van der Waals surface area contributed by atoms with E-state index in [0.29, 0.717) is 31.5 Å². The Kier molecular flexibility index (Phi) is 6.07. The topological polar surface area (TPSA) is 70.1 Å². The highest BCUT2D eigenvalue weighted by Gasteiger charge is 2.12. The van der Waals surface area contributed by atoms with Crippen molar-refractivity contribution < 1.29 is 4.79 Å². The third-order valence-electron chi connectivity index (χ3n) is 3.70. The summed E-state index contributed by atoms with van der Waals surface area (Å²) < 4.78 is 0. The van der Waals surface area contributed by atoms with E-state index in [2.05, 4.69) is 20.7 Å². The van der Waals surface area contributed by atoms with Crippen molar-refractivity contribution >= 4 is 58.0 Å². The number of rotatable bonds is 4. The van der Waals surface area contributed by atoms with Gasteiger partial charge in [-0.15, -0.1) is 0 Å². The van der Waals surface area contributed by atoms with Gasteiger partial charge in [-0.25, -0.2) is 5.43 Å². The van der Waals surface area contributed by atoms with Crippen LogP contribution in [-0.2, 0) is 0 Å². The number of hydrazone groups is 1. The zero-order chi connectivity index (χ0) is 19.6. The monoisotopic (exact) mass is 440 g/mol. The molecule has 2 aromatic carbocycles. The predicted octanol–water partition coefficient (Wildman–Crippen LogP) is 5.84. The average Bonchev–Trinajstić information content (AvgIpc) is 3.14. The molecule has 1 aromatic heterocycles. The SMILES string of the molecule is CC(=NNC(=O)c1cc(-c2ccc(Cl)c(Cl)c2)n[nH]1)c1ccc(Cl)c(Cl)c1. The third kappa shape index (κ3) is 4.62. The van der Waals surface area contributed by atoms with Gasteiger partial charge in [0.15, 0.2) is 0 Å². The van der Waals surface area contributed by atoms with E-state index in [1.165, 1.54) is 0 Å². The molecule has 0 radical (unpaired) electrons. The molecule has 3 rings (SSSR count). The number of nitrogens with one attached hydrogen (secondary N) is 2. The second kappa shape index (κ2) is 8.31. The van der Waals surface area contributed by atoms with Crippen molar-refractivity contribution in [3.8, 4) is 11.3 Å². The Morgan fingerprint density at radius 1 is 0.963 bits per heavy atom. The summed E-state index contributed by atoms with van der Waals surface area (Å²) >= 11 is 23.8. The first-order chi connectivity index (χ1) is 12.8. The summed E-state index contributed by atoms with van der Waals surface area (Å²) in [5.41, 5.74) is 5.33. The number of halogens is 4. The van der Waals surface area contributed by atoms with Gasteiger partial charge in [0.2, 0.25) is 0 Å². The lowest BCUT2D eigenvalue weighted by Gasteiger charge is -2.03. The standard InChI is InChI=1S/C18H12Cl4N4O/c1-9(10-2-4-12(19)14(21)6-10)23-26-18(27)17-8-16(24-25-17)11-3-5-13(20)15(22)7-11/h2-8H,1H3,(H,24,25)(H,26,27). The second-order valence-electron chi connectivity index (χ2n) is 5.56. The molecule has 138 valence electrons. The van der Waals surface area contributed by atoms with E-state index in [4.69, 9.17) is 46.4 Å². The molecule has 0 saturated carbocycles. The molecular weight excluding hydrogens is 430 g/mol. The maximum absolute atomic E-state index is 12.3. The van der Waals surface area contributed by atoms with Crippen molar-refractivity contribution in [2.45, 2.75) is 6.92 Å². The lowest BCUT2D eigenvalue weighted by atomic mass is 10.1. The summed E-state index contributed by atoms with van der Waals surface area (Å²) in [4.78, 5) is 12.3. The van der Waals surface area contributed by atoms with Crippen molar-refractivity contribution in [2.24, 2.45) is 5.10 Å². The summed E-state index contributed by atoms with van der Waals surface area (Å²) in [5.74, 6) is -0.437. The number of hydrogen-bond donors (Lipinski definition) is 2. The average molecular weight is 442 g/mol. The molecule has 0 fully saturated rings. The Morgan fingerprint density at radius 3 is 2.30 bits per heavy atom. The number of carbonyl (C=O) groups excluding carboxylic acids is 1. The highest BCUT2D eigenvalue weighted by atomic mass is 35.5. The fourth-order valence-corrected chi connectivity index (χ4v) is 2.82. The van der Waals surface area contributed by atoms with Crippen molar-refractivity contribution in [1.82, 2.24) is 15.6 Å². The Morgan fingerprint density at radius 2 is 1.63 bits per heavy atom. The third-order valence-corrected chi connectivity index (χ3v) is 5.18. The quantitative estimate of drug-likeness (QED) is 0.394. The van der Waals surface area contributed by atoms with Crippen LogP contribution in [0.1, 0.15) is 23.0 Å².